The lowest BCUT2D eigenvalue weighted by molar-refractivity contribution is -0.122. The lowest BCUT2D eigenvalue weighted by Crippen LogP contribution is -2.28. The second kappa shape index (κ2) is 13.6. The Labute approximate surface area is 258 Å². The fraction of sp³-hybridized carbons (Fsp3) is 0.0667. The largest absolute Gasteiger partial charge is 0.483 e. The van der Waals surface area contributed by atoms with Crippen LogP contribution in [-0.4, -0.2) is 34.7 Å². The van der Waals surface area contributed by atoms with Crippen LogP contribution in [0.25, 0.3) is 6.08 Å². The average molecular weight is 668 g/mol. The maximum absolute atomic E-state index is 14.0. The quantitative estimate of drug-likeness (QED) is 0.114. The third kappa shape index (κ3) is 7.55. The van der Waals surface area contributed by atoms with E-state index in [0.717, 1.165) is 16.2 Å². The predicted molar refractivity (Wildman–Crippen MR) is 166 cm³/mol. The van der Waals surface area contributed by atoms with Crippen molar-refractivity contribution in [2.24, 2.45) is 10.2 Å². The number of ether oxygens (including phenoxy) is 1. The summed E-state index contributed by atoms with van der Waals surface area (Å²) in [6, 6.07) is 21.6. The van der Waals surface area contributed by atoms with Gasteiger partial charge in [-0.05, 0) is 78.5 Å². The Kier molecular flexibility index (Phi) is 9.52. The number of benzene rings is 3. The summed E-state index contributed by atoms with van der Waals surface area (Å²) in [5.41, 5.74) is 1.41. The second-order valence-corrected chi connectivity index (χ2v) is 11.1. The Bertz CT molecular complexity index is 1690. The van der Waals surface area contributed by atoms with Crippen LogP contribution in [0.2, 0.25) is 5.02 Å². The molecule has 4 aromatic rings. The Balaban J connectivity index is 1.37. The molecule has 2 amide bonds. The standard InChI is InChI=1S/C30H21BrClFN4O4S/c31-21-7-12-26(41-18-28(38)35-23-10-8-22(32)9-11-23)20(14-21)15-27-29(39)37(17-24-5-3-13-40-24)30(42-27)36-34-16-19-4-1-2-6-25(19)33/h1-16H,17-18H2,(H,35,38)/b27-15-,34-16+,36-30-. The number of halogens is 3. The number of nitrogens with one attached hydrogen (secondary N) is 1. The molecule has 8 nitrogen and oxygen atoms in total. The molecule has 1 aromatic heterocycles. The summed E-state index contributed by atoms with van der Waals surface area (Å²) in [7, 11) is 0. The smallest absolute Gasteiger partial charge is 0.267 e. The molecule has 1 fully saturated rings. The lowest BCUT2D eigenvalue weighted by Gasteiger charge is -2.13. The summed E-state index contributed by atoms with van der Waals surface area (Å²) in [6.45, 7) is -0.138. The van der Waals surface area contributed by atoms with Crippen molar-refractivity contribution in [1.82, 2.24) is 4.90 Å². The maximum Gasteiger partial charge on any atom is 0.267 e. The van der Waals surface area contributed by atoms with Gasteiger partial charge in [0.1, 0.15) is 17.3 Å². The van der Waals surface area contributed by atoms with Gasteiger partial charge >= 0.3 is 0 Å². The van der Waals surface area contributed by atoms with Crippen LogP contribution < -0.4 is 10.1 Å². The van der Waals surface area contributed by atoms with Crippen LogP contribution in [0.3, 0.4) is 0 Å². The summed E-state index contributed by atoms with van der Waals surface area (Å²) in [6.07, 6.45) is 4.46. The van der Waals surface area contributed by atoms with Crippen LogP contribution in [0.1, 0.15) is 16.9 Å². The lowest BCUT2D eigenvalue weighted by atomic mass is 10.2. The molecule has 0 unspecified atom stereocenters. The molecule has 1 aliphatic heterocycles. The zero-order valence-corrected chi connectivity index (χ0v) is 24.8. The molecule has 0 saturated carbocycles. The van der Waals surface area contributed by atoms with E-state index < -0.39 is 5.82 Å². The molecule has 212 valence electrons. The normalized spacial score (nSPS) is 15.2. The van der Waals surface area contributed by atoms with Gasteiger partial charge < -0.3 is 14.5 Å². The summed E-state index contributed by atoms with van der Waals surface area (Å²) in [5.74, 6) is -0.187. The van der Waals surface area contributed by atoms with Crippen LogP contribution in [0.5, 0.6) is 5.75 Å². The van der Waals surface area contributed by atoms with E-state index in [0.29, 0.717) is 32.7 Å². The minimum atomic E-state index is -0.436. The van der Waals surface area contributed by atoms with Crippen LogP contribution in [0, 0.1) is 5.82 Å². The van der Waals surface area contributed by atoms with Gasteiger partial charge in [0.2, 0.25) is 0 Å². The number of amides is 2. The first-order valence-corrected chi connectivity index (χ1v) is 14.4. The number of hydrogen-bond donors (Lipinski definition) is 1. The monoisotopic (exact) mass is 666 g/mol. The highest BCUT2D eigenvalue weighted by Crippen LogP contribution is 2.36. The molecule has 3 aromatic carbocycles. The number of carbonyl (C=O) groups is 2. The minimum absolute atomic E-state index is 0.122. The van der Waals surface area contributed by atoms with Crippen LogP contribution >= 0.6 is 39.3 Å². The van der Waals surface area contributed by atoms with Gasteiger partial charge in [-0.2, -0.15) is 5.10 Å². The van der Waals surface area contributed by atoms with E-state index in [1.807, 2.05) is 0 Å². The van der Waals surface area contributed by atoms with Crippen molar-refractivity contribution in [1.29, 1.82) is 0 Å². The summed E-state index contributed by atoms with van der Waals surface area (Å²) < 4.78 is 26.0. The van der Waals surface area contributed by atoms with Gasteiger partial charge in [0.25, 0.3) is 11.8 Å². The molecule has 1 aliphatic rings. The van der Waals surface area contributed by atoms with Gasteiger partial charge in [-0.15, -0.1) is 5.10 Å². The van der Waals surface area contributed by atoms with Crippen LogP contribution in [-0.2, 0) is 16.1 Å². The number of furan rings is 1. The number of anilines is 1. The van der Waals surface area contributed by atoms with Crippen molar-refractivity contribution in [2.45, 2.75) is 6.54 Å². The predicted octanol–water partition coefficient (Wildman–Crippen LogP) is 7.36. The molecular weight excluding hydrogens is 647 g/mol. The Morgan fingerprint density at radius 3 is 2.67 bits per heavy atom. The Hall–Kier alpha value is -4.19. The van der Waals surface area contributed by atoms with Crippen LogP contribution in [0.4, 0.5) is 10.1 Å². The first kappa shape index (κ1) is 29.3. The third-order valence-corrected chi connectivity index (χ3v) is 7.51. The van der Waals surface area contributed by atoms with E-state index in [-0.39, 0.29) is 35.7 Å². The average Bonchev–Trinajstić information content (AvgIpc) is 3.59. The van der Waals surface area contributed by atoms with E-state index >= 15 is 0 Å². The van der Waals surface area contributed by atoms with Gasteiger partial charge in [0, 0.05) is 26.3 Å². The Morgan fingerprint density at radius 2 is 1.90 bits per heavy atom. The minimum Gasteiger partial charge on any atom is -0.483 e. The zero-order chi connectivity index (χ0) is 29.5. The van der Waals surface area contributed by atoms with Crippen molar-refractivity contribution in [3.63, 3.8) is 0 Å². The molecule has 2 heterocycles. The van der Waals surface area contributed by atoms with E-state index in [9.17, 15) is 14.0 Å². The third-order valence-electron chi connectivity index (χ3n) is 5.77. The molecule has 1 saturated heterocycles. The summed E-state index contributed by atoms with van der Waals surface area (Å²) in [4.78, 5) is 27.8. The zero-order valence-electron chi connectivity index (χ0n) is 21.7. The van der Waals surface area contributed by atoms with E-state index in [2.05, 4.69) is 31.4 Å². The molecule has 0 spiro atoms. The highest BCUT2D eigenvalue weighted by Gasteiger charge is 2.34. The number of amidine groups is 1. The topological polar surface area (TPSA) is 96.5 Å². The molecule has 5 rings (SSSR count). The molecule has 0 atom stereocenters. The number of thioether (sulfide) groups is 1. The van der Waals surface area contributed by atoms with Gasteiger partial charge in [-0.3, -0.25) is 14.5 Å². The SMILES string of the molecule is O=C(COc1ccc(Br)cc1/C=C1\S/C(=N\N=C\c2ccccc2F)N(Cc2ccco2)C1=O)Nc1ccc(Cl)cc1. The van der Waals surface area contributed by atoms with Gasteiger partial charge in [-0.1, -0.05) is 45.7 Å². The molecule has 0 aliphatic carbocycles. The van der Waals surface area contributed by atoms with Crippen molar-refractivity contribution in [2.75, 3.05) is 11.9 Å². The molecule has 0 bridgehead atoms. The van der Waals surface area contributed by atoms with Gasteiger partial charge in [-0.25, -0.2) is 4.39 Å². The van der Waals surface area contributed by atoms with Crippen molar-refractivity contribution < 1.29 is 23.1 Å². The van der Waals surface area contributed by atoms with Crippen molar-refractivity contribution in [3.8, 4) is 5.75 Å². The first-order chi connectivity index (χ1) is 20.4. The maximum atomic E-state index is 14.0. The second-order valence-electron chi connectivity index (χ2n) is 8.76. The number of carbonyl (C=O) groups excluding carboxylic acids is 2. The highest BCUT2D eigenvalue weighted by atomic mass is 79.9. The van der Waals surface area contributed by atoms with Gasteiger partial charge in [0.15, 0.2) is 11.8 Å². The van der Waals surface area contributed by atoms with Crippen LogP contribution in [0.15, 0.2) is 109 Å². The van der Waals surface area contributed by atoms with Gasteiger partial charge in [0.05, 0.1) is 23.9 Å². The molecular formula is C30H21BrClFN4O4S. The first-order valence-electron chi connectivity index (χ1n) is 12.4. The highest BCUT2D eigenvalue weighted by molar-refractivity contribution is 9.10. The summed E-state index contributed by atoms with van der Waals surface area (Å²) in [5, 5.41) is 11.8. The Morgan fingerprint density at radius 1 is 1.10 bits per heavy atom. The molecule has 12 heteroatoms. The van der Waals surface area contributed by atoms with E-state index in [1.54, 1.807) is 78.9 Å². The molecule has 1 N–H and O–H groups in total. The fourth-order valence-corrected chi connectivity index (χ4v) is 5.21. The number of hydrogen-bond acceptors (Lipinski definition) is 7. The number of nitrogens with zero attached hydrogens (tertiary/aromatic N) is 3. The fourth-order valence-electron chi connectivity index (χ4n) is 3.78. The molecule has 42 heavy (non-hydrogen) atoms. The number of rotatable bonds is 9. The van der Waals surface area contributed by atoms with Crippen molar-refractivity contribution >= 4 is 74.3 Å². The molecule has 0 radical (unpaired) electrons. The van der Waals surface area contributed by atoms with Crippen molar-refractivity contribution in [3.05, 3.63) is 122 Å². The summed E-state index contributed by atoms with van der Waals surface area (Å²) >= 11 is 10.5. The van der Waals surface area contributed by atoms with E-state index in [4.69, 9.17) is 20.8 Å². The van der Waals surface area contributed by atoms with E-state index in [1.165, 1.54) is 23.4 Å².